The van der Waals surface area contributed by atoms with E-state index < -0.39 is 0 Å². The summed E-state index contributed by atoms with van der Waals surface area (Å²) in [5.41, 5.74) is 1.87. The van der Waals surface area contributed by atoms with Crippen molar-refractivity contribution in [3.8, 4) is 5.69 Å². The molecule has 0 spiro atoms. The molecule has 0 saturated carbocycles. The van der Waals surface area contributed by atoms with Gasteiger partial charge in [-0.05, 0) is 23.4 Å². The summed E-state index contributed by atoms with van der Waals surface area (Å²) in [5.74, 6) is 0.315. The van der Waals surface area contributed by atoms with E-state index in [0.717, 1.165) is 11.4 Å². The van der Waals surface area contributed by atoms with Gasteiger partial charge < -0.3 is 10.0 Å². The summed E-state index contributed by atoms with van der Waals surface area (Å²) in [6.07, 6.45) is 0. The van der Waals surface area contributed by atoms with E-state index in [-0.39, 0.29) is 6.61 Å². The molecule has 1 N–H and O–H groups in total. The Labute approximate surface area is 93.1 Å². The highest BCUT2D eigenvalue weighted by atomic mass is 16.3. The molecule has 0 aliphatic carbocycles. The van der Waals surface area contributed by atoms with Gasteiger partial charge in [-0.2, -0.15) is 0 Å². The Morgan fingerprint density at radius 3 is 2.81 bits per heavy atom. The van der Waals surface area contributed by atoms with Crippen LogP contribution in [0.5, 0.6) is 0 Å². The quantitative estimate of drug-likeness (QED) is 0.800. The van der Waals surface area contributed by atoms with Gasteiger partial charge in [0, 0.05) is 19.8 Å². The number of nitrogens with zero attached hydrogens (tertiary/aromatic N) is 5. The van der Waals surface area contributed by atoms with Crippen molar-refractivity contribution in [2.75, 3.05) is 19.0 Å². The van der Waals surface area contributed by atoms with Crippen LogP contribution in [-0.2, 0) is 6.61 Å². The van der Waals surface area contributed by atoms with E-state index in [1.54, 1.807) is 0 Å². The maximum Gasteiger partial charge on any atom is 0.200 e. The summed E-state index contributed by atoms with van der Waals surface area (Å²) in [6.45, 7) is -0.201. The lowest BCUT2D eigenvalue weighted by Crippen LogP contribution is -2.09. The molecule has 16 heavy (non-hydrogen) atoms. The van der Waals surface area contributed by atoms with Crippen LogP contribution in [0.2, 0.25) is 0 Å². The summed E-state index contributed by atoms with van der Waals surface area (Å²) in [6, 6.07) is 7.75. The molecule has 6 nitrogen and oxygen atoms in total. The largest absolute Gasteiger partial charge is 0.388 e. The Kier molecular flexibility index (Phi) is 2.82. The van der Waals surface area contributed by atoms with Crippen LogP contribution in [-0.4, -0.2) is 39.4 Å². The molecule has 0 amide bonds. The molecule has 0 radical (unpaired) electrons. The molecular weight excluding hydrogens is 206 g/mol. The number of benzene rings is 1. The first-order valence-electron chi connectivity index (χ1n) is 4.88. The van der Waals surface area contributed by atoms with Crippen molar-refractivity contribution in [3.05, 3.63) is 30.1 Å². The van der Waals surface area contributed by atoms with Gasteiger partial charge >= 0.3 is 0 Å². The third-order valence-corrected chi connectivity index (χ3v) is 2.17. The fourth-order valence-corrected chi connectivity index (χ4v) is 1.31. The molecule has 1 heterocycles. The van der Waals surface area contributed by atoms with Gasteiger partial charge in [0.25, 0.3) is 0 Å². The first kappa shape index (κ1) is 10.6. The highest BCUT2D eigenvalue weighted by molar-refractivity contribution is 5.51. The van der Waals surface area contributed by atoms with Crippen LogP contribution in [0.15, 0.2) is 24.3 Å². The van der Waals surface area contributed by atoms with Gasteiger partial charge in [-0.15, -0.1) is 15.0 Å². The Morgan fingerprint density at radius 2 is 2.19 bits per heavy atom. The first-order valence-corrected chi connectivity index (χ1v) is 4.88. The fourth-order valence-electron chi connectivity index (χ4n) is 1.31. The average molecular weight is 219 g/mol. The van der Waals surface area contributed by atoms with Gasteiger partial charge in [-0.25, -0.2) is 0 Å². The molecule has 0 aliphatic rings. The minimum atomic E-state index is -0.201. The smallest absolute Gasteiger partial charge is 0.200 e. The molecule has 1 aromatic heterocycles. The number of rotatable bonds is 3. The lowest BCUT2D eigenvalue weighted by Gasteiger charge is -2.12. The van der Waals surface area contributed by atoms with Gasteiger partial charge in [0.05, 0.1) is 5.69 Å². The van der Waals surface area contributed by atoms with E-state index in [0.29, 0.717) is 5.82 Å². The van der Waals surface area contributed by atoms with Crippen molar-refractivity contribution in [1.29, 1.82) is 0 Å². The maximum absolute atomic E-state index is 8.85. The molecular formula is C10H13N5O. The van der Waals surface area contributed by atoms with E-state index >= 15 is 0 Å². The summed E-state index contributed by atoms with van der Waals surface area (Å²) in [4.78, 5) is 3.39. The van der Waals surface area contributed by atoms with Crippen molar-refractivity contribution >= 4 is 5.69 Å². The lowest BCUT2D eigenvalue weighted by molar-refractivity contribution is 0.271. The summed E-state index contributed by atoms with van der Waals surface area (Å²) in [5, 5.41) is 20.4. The fraction of sp³-hybridized carbons (Fsp3) is 0.300. The molecule has 0 atom stereocenters. The molecule has 84 valence electrons. The maximum atomic E-state index is 8.85. The topological polar surface area (TPSA) is 67.1 Å². The minimum absolute atomic E-state index is 0.201. The first-order chi connectivity index (χ1) is 7.70. The second-order valence-corrected chi connectivity index (χ2v) is 3.57. The third kappa shape index (κ3) is 2.01. The number of aliphatic hydroxyl groups is 1. The van der Waals surface area contributed by atoms with Crippen LogP contribution in [0.1, 0.15) is 5.82 Å². The third-order valence-electron chi connectivity index (χ3n) is 2.17. The van der Waals surface area contributed by atoms with Crippen molar-refractivity contribution < 1.29 is 5.11 Å². The van der Waals surface area contributed by atoms with Gasteiger partial charge in [0.15, 0.2) is 0 Å². The Hall–Kier alpha value is -1.95. The molecule has 6 heteroatoms. The summed E-state index contributed by atoms with van der Waals surface area (Å²) < 4.78 is 0. The van der Waals surface area contributed by atoms with E-state index in [1.807, 2.05) is 43.3 Å². The number of hydrogen-bond acceptors (Lipinski definition) is 5. The predicted molar refractivity (Wildman–Crippen MR) is 59.4 cm³/mol. The van der Waals surface area contributed by atoms with Gasteiger partial charge in [-0.1, -0.05) is 6.07 Å². The molecule has 2 rings (SSSR count). The van der Waals surface area contributed by atoms with Gasteiger partial charge in [0.1, 0.15) is 6.61 Å². The number of hydrogen-bond donors (Lipinski definition) is 1. The predicted octanol–water partition coefficient (Wildman–Crippen LogP) is 0.221. The number of aromatic nitrogens is 4. The van der Waals surface area contributed by atoms with Crippen molar-refractivity contribution in [1.82, 2.24) is 20.2 Å². The average Bonchev–Trinajstić information content (AvgIpc) is 2.77. The van der Waals surface area contributed by atoms with E-state index in [4.69, 9.17) is 5.11 Å². The van der Waals surface area contributed by atoms with Gasteiger partial charge in [0.2, 0.25) is 5.82 Å². The standard InChI is InChI=1S/C10H13N5O/c1-14(2)8-4-3-5-9(6-8)15-12-10(7-16)11-13-15/h3-6,16H,7H2,1-2H3. The minimum Gasteiger partial charge on any atom is -0.388 e. The molecule has 0 fully saturated rings. The number of aliphatic hydroxyl groups excluding tert-OH is 1. The second kappa shape index (κ2) is 4.28. The molecule has 0 aliphatic heterocycles. The normalized spacial score (nSPS) is 10.4. The molecule has 0 unspecified atom stereocenters. The Bertz CT molecular complexity index is 480. The number of tetrazole rings is 1. The van der Waals surface area contributed by atoms with E-state index in [2.05, 4.69) is 15.4 Å². The van der Waals surface area contributed by atoms with Crippen LogP contribution in [0.4, 0.5) is 5.69 Å². The van der Waals surface area contributed by atoms with Crippen LogP contribution >= 0.6 is 0 Å². The molecule has 0 bridgehead atoms. The number of anilines is 1. The van der Waals surface area contributed by atoms with Crippen LogP contribution in [0.25, 0.3) is 5.69 Å². The van der Waals surface area contributed by atoms with Crippen molar-refractivity contribution in [3.63, 3.8) is 0 Å². The molecule has 2 aromatic rings. The zero-order valence-corrected chi connectivity index (χ0v) is 9.20. The lowest BCUT2D eigenvalue weighted by atomic mass is 10.3. The van der Waals surface area contributed by atoms with Crippen molar-refractivity contribution in [2.24, 2.45) is 0 Å². The highest BCUT2D eigenvalue weighted by Crippen LogP contribution is 2.15. The molecule has 0 saturated heterocycles. The summed E-state index contributed by atoms with van der Waals surface area (Å²) >= 11 is 0. The van der Waals surface area contributed by atoms with Crippen LogP contribution in [0.3, 0.4) is 0 Å². The van der Waals surface area contributed by atoms with Crippen LogP contribution in [0, 0.1) is 0 Å². The molecule has 1 aromatic carbocycles. The Morgan fingerprint density at radius 1 is 1.38 bits per heavy atom. The summed E-state index contributed by atoms with van der Waals surface area (Å²) in [7, 11) is 3.93. The van der Waals surface area contributed by atoms with Crippen LogP contribution < -0.4 is 4.90 Å². The highest BCUT2D eigenvalue weighted by Gasteiger charge is 2.04. The zero-order chi connectivity index (χ0) is 11.5. The second-order valence-electron chi connectivity index (χ2n) is 3.57. The zero-order valence-electron chi connectivity index (χ0n) is 9.20. The van der Waals surface area contributed by atoms with E-state index in [9.17, 15) is 0 Å². The van der Waals surface area contributed by atoms with Gasteiger partial charge in [-0.3, -0.25) is 0 Å². The monoisotopic (exact) mass is 219 g/mol. The SMILES string of the molecule is CN(C)c1cccc(-n2nnc(CO)n2)c1. The van der Waals surface area contributed by atoms with Crippen molar-refractivity contribution in [2.45, 2.75) is 6.61 Å². The Balaban J connectivity index is 2.36. The van der Waals surface area contributed by atoms with E-state index in [1.165, 1.54) is 4.80 Å².